The van der Waals surface area contributed by atoms with Crippen molar-refractivity contribution in [2.75, 3.05) is 33.3 Å². The maximum atomic E-state index is 5.64. The van der Waals surface area contributed by atoms with Gasteiger partial charge in [0.2, 0.25) is 0 Å². The summed E-state index contributed by atoms with van der Waals surface area (Å²) >= 11 is 0. The van der Waals surface area contributed by atoms with Crippen molar-refractivity contribution < 1.29 is 9.15 Å². The molecule has 0 aliphatic carbocycles. The molecule has 1 aliphatic heterocycles. The summed E-state index contributed by atoms with van der Waals surface area (Å²) < 4.78 is 10.7. The van der Waals surface area contributed by atoms with Crippen LogP contribution >= 0.6 is 0 Å². The third kappa shape index (κ3) is 3.06. The van der Waals surface area contributed by atoms with Crippen LogP contribution in [0.3, 0.4) is 0 Å². The molecular weight excluding hydrogens is 192 g/mol. The van der Waals surface area contributed by atoms with Gasteiger partial charge in [0.1, 0.15) is 0 Å². The number of nitrogens with zero attached hydrogens (tertiary/aromatic N) is 1. The SMILES string of the molecule is CNCC1CN(Cc2ccoc2)CCO1. The second kappa shape index (κ2) is 5.30. The van der Waals surface area contributed by atoms with Crippen LogP contribution in [-0.2, 0) is 11.3 Å². The van der Waals surface area contributed by atoms with E-state index < -0.39 is 0 Å². The van der Waals surface area contributed by atoms with E-state index in [0.717, 1.165) is 32.8 Å². The predicted octanol–water partition coefficient (Wildman–Crippen LogP) is 0.700. The van der Waals surface area contributed by atoms with Crippen LogP contribution in [0.25, 0.3) is 0 Å². The van der Waals surface area contributed by atoms with Gasteiger partial charge in [-0.15, -0.1) is 0 Å². The quantitative estimate of drug-likeness (QED) is 0.794. The molecule has 0 spiro atoms. The van der Waals surface area contributed by atoms with Crippen LogP contribution in [0.5, 0.6) is 0 Å². The lowest BCUT2D eigenvalue weighted by Gasteiger charge is -2.32. The van der Waals surface area contributed by atoms with Crippen molar-refractivity contribution in [3.63, 3.8) is 0 Å². The van der Waals surface area contributed by atoms with Crippen molar-refractivity contribution in [2.45, 2.75) is 12.6 Å². The van der Waals surface area contributed by atoms with E-state index in [1.807, 2.05) is 19.4 Å². The minimum absolute atomic E-state index is 0.315. The number of furan rings is 1. The van der Waals surface area contributed by atoms with Gasteiger partial charge in [0, 0.05) is 31.7 Å². The Kier molecular flexibility index (Phi) is 3.77. The summed E-state index contributed by atoms with van der Waals surface area (Å²) in [5.41, 5.74) is 1.24. The highest BCUT2D eigenvalue weighted by molar-refractivity contribution is 5.05. The Hall–Kier alpha value is -0.840. The van der Waals surface area contributed by atoms with Crippen molar-refractivity contribution in [2.24, 2.45) is 0 Å². The van der Waals surface area contributed by atoms with Gasteiger partial charge in [-0.1, -0.05) is 0 Å². The van der Waals surface area contributed by atoms with Gasteiger partial charge in [-0.05, 0) is 13.1 Å². The smallest absolute Gasteiger partial charge is 0.0947 e. The minimum atomic E-state index is 0.315. The van der Waals surface area contributed by atoms with Crippen LogP contribution in [0.2, 0.25) is 0 Å². The zero-order valence-electron chi connectivity index (χ0n) is 9.11. The molecule has 1 atom stereocenters. The highest BCUT2D eigenvalue weighted by Crippen LogP contribution is 2.10. The summed E-state index contributed by atoms with van der Waals surface area (Å²) in [4.78, 5) is 2.40. The molecule has 0 amide bonds. The topological polar surface area (TPSA) is 37.6 Å². The fourth-order valence-electron chi connectivity index (χ4n) is 1.92. The fraction of sp³-hybridized carbons (Fsp3) is 0.636. The summed E-state index contributed by atoms with van der Waals surface area (Å²) in [7, 11) is 1.96. The number of rotatable bonds is 4. The lowest BCUT2D eigenvalue weighted by atomic mass is 10.2. The van der Waals surface area contributed by atoms with E-state index in [4.69, 9.17) is 9.15 Å². The molecule has 1 N–H and O–H groups in total. The molecule has 1 fully saturated rings. The normalized spacial score (nSPS) is 23.1. The van der Waals surface area contributed by atoms with E-state index in [1.165, 1.54) is 5.56 Å². The summed E-state index contributed by atoms with van der Waals surface area (Å²) in [5.74, 6) is 0. The van der Waals surface area contributed by atoms with E-state index in [1.54, 1.807) is 6.26 Å². The molecule has 0 bridgehead atoms. The molecule has 15 heavy (non-hydrogen) atoms. The van der Waals surface area contributed by atoms with E-state index in [-0.39, 0.29) is 0 Å². The van der Waals surface area contributed by atoms with E-state index in [9.17, 15) is 0 Å². The Balaban J connectivity index is 1.82. The third-order valence-electron chi connectivity index (χ3n) is 2.64. The van der Waals surface area contributed by atoms with Crippen molar-refractivity contribution in [1.82, 2.24) is 10.2 Å². The second-order valence-electron chi connectivity index (χ2n) is 3.92. The van der Waals surface area contributed by atoms with Gasteiger partial charge in [-0.3, -0.25) is 4.90 Å². The second-order valence-corrected chi connectivity index (χ2v) is 3.92. The number of morpholine rings is 1. The molecule has 2 heterocycles. The predicted molar refractivity (Wildman–Crippen MR) is 57.7 cm³/mol. The van der Waals surface area contributed by atoms with Crippen LogP contribution in [0.1, 0.15) is 5.56 Å². The lowest BCUT2D eigenvalue weighted by molar-refractivity contribution is -0.0291. The first-order valence-corrected chi connectivity index (χ1v) is 5.38. The zero-order chi connectivity index (χ0) is 10.5. The molecule has 0 saturated carbocycles. The Morgan fingerprint density at radius 3 is 3.27 bits per heavy atom. The van der Waals surface area contributed by atoms with Gasteiger partial charge >= 0.3 is 0 Å². The molecule has 2 rings (SSSR count). The van der Waals surface area contributed by atoms with Crippen molar-refractivity contribution >= 4 is 0 Å². The average molecular weight is 210 g/mol. The van der Waals surface area contributed by atoms with Gasteiger partial charge in [0.15, 0.2) is 0 Å². The maximum Gasteiger partial charge on any atom is 0.0947 e. The molecule has 1 aromatic heterocycles. The number of likely N-dealkylation sites (N-methyl/N-ethyl adjacent to an activating group) is 1. The molecule has 4 nitrogen and oxygen atoms in total. The van der Waals surface area contributed by atoms with Gasteiger partial charge < -0.3 is 14.5 Å². The Labute approximate surface area is 90.2 Å². The standard InChI is InChI=1S/C11H18N2O2/c1-12-6-11-8-13(3-5-15-11)7-10-2-4-14-9-10/h2,4,9,11-12H,3,5-8H2,1H3. The molecule has 84 valence electrons. The number of hydrogen-bond donors (Lipinski definition) is 1. The van der Waals surface area contributed by atoms with Crippen molar-refractivity contribution in [1.29, 1.82) is 0 Å². The van der Waals surface area contributed by atoms with Gasteiger partial charge in [0.05, 0.1) is 25.2 Å². The van der Waals surface area contributed by atoms with Crippen LogP contribution in [0, 0.1) is 0 Å². The Morgan fingerprint density at radius 2 is 2.53 bits per heavy atom. The van der Waals surface area contributed by atoms with E-state index in [0.29, 0.717) is 6.10 Å². The molecule has 0 radical (unpaired) electrons. The van der Waals surface area contributed by atoms with Crippen LogP contribution < -0.4 is 5.32 Å². The van der Waals surface area contributed by atoms with Gasteiger partial charge in [-0.25, -0.2) is 0 Å². The van der Waals surface area contributed by atoms with Crippen LogP contribution in [0.15, 0.2) is 23.0 Å². The molecule has 1 aromatic rings. The third-order valence-corrected chi connectivity index (χ3v) is 2.64. The lowest BCUT2D eigenvalue weighted by Crippen LogP contribution is -2.45. The molecule has 1 aliphatic rings. The first-order chi connectivity index (χ1) is 7.38. The summed E-state index contributed by atoms with van der Waals surface area (Å²) in [6.45, 7) is 4.70. The Bertz CT molecular complexity index is 272. The minimum Gasteiger partial charge on any atom is -0.472 e. The maximum absolute atomic E-state index is 5.64. The monoisotopic (exact) mass is 210 g/mol. The first-order valence-electron chi connectivity index (χ1n) is 5.38. The number of ether oxygens (including phenoxy) is 1. The fourth-order valence-corrected chi connectivity index (χ4v) is 1.92. The summed E-state index contributed by atoms with van der Waals surface area (Å²) in [6.07, 6.45) is 3.85. The van der Waals surface area contributed by atoms with E-state index >= 15 is 0 Å². The number of nitrogens with one attached hydrogen (secondary N) is 1. The summed E-state index contributed by atoms with van der Waals surface area (Å²) in [5, 5.41) is 3.15. The van der Waals surface area contributed by atoms with Crippen LogP contribution in [-0.4, -0.2) is 44.3 Å². The zero-order valence-corrected chi connectivity index (χ0v) is 9.11. The van der Waals surface area contributed by atoms with E-state index in [2.05, 4.69) is 10.2 Å². The molecule has 1 saturated heterocycles. The largest absolute Gasteiger partial charge is 0.472 e. The van der Waals surface area contributed by atoms with Crippen molar-refractivity contribution in [3.05, 3.63) is 24.2 Å². The van der Waals surface area contributed by atoms with Crippen molar-refractivity contribution in [3.8, 4) is 0 Å². The summed E-state index contributed by atoms with van der Waals surface area (Å²) in [6, 6.07) is 2.02. The molecular formula is C11H18N2O2. The first kappa shape index (κ1) is 10.7. The van der Waals surface area contributed by atoms with Gasteiger partial charge in [0.25, 0.3) is 0 Å². The average Bonchev–Trinajstić information content (AvgIpc) is 2.71. The highest BCUT2D eigenvalue weighted by Gasteiger charge is 2.19. The highest BCUT2D eigenvalue weighted by atomic mass is 16.5. The Morgan fingerprint density at radius 1 is 1.60 bits per heavy atom. The van der Waals surface area contributed by atoms with Gasteiger partial charge in [-0.2, -0.15) is 0 Å². The number of hydrogen-bond acceptors (Lipinski definition) is 4. The molecule has 1 unspecified atom stereocenters. The molecule has 0 aromatic carbocycles. The molecule has 4 heteroatoms. The van der Waals surface area contributed by atoms with Crippen LogP contribution in [0.4, 0.5) is 0 Å².